The van der Waals surface area contributed by atoms with Crippen molar-refractivity contribution < 1.29 is 29.0 Å². The van der Waals surface area contributed by atoms with Gasteiger partial charge in [-0.2, -0.15) is 0 Å². The van der Waals surface area contributed by atoms with E-state index in [1.54, 1.807) is 11.8 Å². The number of hydrogen-bond donors (Lipinski definition) is 5. The second kappa shape index (κ2) is 18.2. The quantitative estimate of drug-likeness (QED) is 0.114. The molecule has 3 fully saturated rings. The number of aliphatic hydroxyl groups is 1. The predicted octanol–water partition coefficient (Wildman–Crippen LogP) is 4.55. The van der Waals surface area contributed by atoms with Gasteiger partial charge in [0.2, 0.25) is 11.8 Å². The molecule has 0 aliphatic carbocycles. The minimum absolute atomic E-state index is 0.00565. The maximum absolute atomic E-state index is 15.6. The molecule has 1 aromatic heterocycles. The highest BCUT2D eigenvalue weighted by Crippen LogP contribution is 2.60. The van der Waals surface area contributed by atoms with Crippen LogP contribution in [0.2, 0.25) is 18.6 Å². The van der Waals surface area contributed by atoms with Gasteiger partial charge in [0.05, 0.1) is 51.0 Å². The summed E-state index contributed by atoms with van der Waals surface area (Å²) < 4.78 is 14.7. The second-order valence-electron chi connectivity index (χ2n) is 17.8. The number of anilines is 3. The standard InChI is InChI=1S/C46H60N8O6Si/c1-30-42(61(3,4)38-15-13-37(59-2)14-16-38)41(18-22-53-29-36(19-23-55)51-52-53)60-46(30)39-25-35(50-44(57)33-10-7-21-48-27-33)12-17-40(39)54(45(46)58)28-31-8-5-11-34(24-31)49-43(56)32-9-6-20-47-26-32/h5,8,11-17,24-25,29-30,32-33,41-42,47-48,55H,6-7,9-10,18-23,26-28H2,1-4H3,(H,49,56)(H,50,57)/t30-,32?,33?,41+,42-,46+/m1/s1. The van der Waals surface area contributed by atoms with E-state index in [4.69, 9.17) is 9.47 Å². The van der Waals surface area contributed by atoms with Gasteiger partial charge in [0.25, 0.3) is 5.91 Å². The van der Waals surface area contributed by atoms with Gasteiger partial charge in [-0.25, -0.2) is 0 Å². The van der Waals surface area contributed by atoms with Crippen LogP contribution in [0, 0.1) is 17.8 Å². The maximum atomic E-state index is 15.6. The van der Waals surface area contributed by atoms with Crippen LogP contribution in [0.5, 0.6) is 5.75 Å². The van der Waals surface area contributed by atoms with Crippen LogP contribution >= 0.6 is 0 Å². The van der Waals surface area contributed by atoms with Crippen LogP contribution in [0.15, 0.2) is 72.9 Å². The van der Waals surface area contributed by atoms with E-state index in [2.05, 4.69) is 63.7 Å². The highest BCUT2D eigenvalue weighted by molar-refractivity contribution is 6.91. The molecule has 4 aliphatic heterocycles. The van der Waals surface area contributed by atoms with Crippen molar-refractivity contribution in [2.24, 2.45) is 17.8 Å². The van der Waals surface area contributed by atoms with Crippen molar-refractivity contribution in [1.29, 1.82) is 0 Å². The zero-order valence-corrected chi connectivity index (χ0v) is 36.8. The Labute approximate surface area is 359 Å². The van der Waals surface area contributed by atoms with Gasteiger partial charge in [0, 0.05) is 61.7 Å². The van der Waals surface area contributed by atoms with Gasteiger partial charge in [0.1, 0.15) is 5.75 Å². The van der Waals surface area contributed by atoms with Crippen LogP contribution in [-0.4, -0.2) is 91.9 Å². The minimum atomic E-state index is -2.45. The number of hydrogen-bond acceptors (Lipinski definition) is 10. The topological polar surface area (TPSA) is 172 Å². The fraction of sp³-hybridized carbons (Fsp3) is 0.500. The largest absolute Gasteiger partial charge is 0.497 e. The molecule has 3 aromatic carbocycles. The molecule has 4 aromatic rings. The van der Waals surface area contributed by atoms with Crippen LogP contribution in [0.4, 0.5) is 17.1 Å². The Balaban J connectivity index is 1.16. The maximum Gasteiger partial charge on any atom is 0.264 e. The summed E-state index contributed by atoms with van der Waals surface area (Å²) in [5.74, 6) is 0.102. The molecular weight excluding hydrogens is 789 g/mol. The third kappa shape index (κ3) is 8.63. The summed E-state index contributed by atoms with van der Waals surface area (Å²) in [4.78, 5) is 44.3. The monoisotopic (exact) mass is 848 g/mol. The van der Waals surface area contributed by atoms with Crippen LogP contribution in [0.3, 0.4) is 0 Å². The lowest BCUT2D eigenvalue weighted by Crippen LogP contribution is -2.51. The first-order valence-electron chi connectivity index (χ1n) is 21.9. The van der Waals surface area contributed by atoms with E-state index in [1.807, 2.05) is 65.7 Å². The number of carbonyl (C=O) groups excluding carboxylic acids is 3. The second-order valence-corrected chi connectivity index (χ2v) is 22.5. The highest BCUT2D eigenvalue weighted by atomic mass is 28.3. The summed E-state index contributed by atoms with van der Waals surface area (Å²) >= 11 is 0. The number of carbonyl (C=O) groups is 3. The normalized spacial score (nSPS) is 25.1. The summed E-state index contributed by atoms with van der Waals surface area (Å²) in [7, 11) is -0.779. The van der Waals surface area contributed by atoms with Gasteiger partial charge in [0.15, 0.2) is 5.60 Å². The lowest BCUT2D eigenvalue weighted by atomic mass is 9.82. The number of nitrogens with one attached hydrogen (secondary N) is 4. The van der Waals surface area contributed by atoms with E-state index in [1.165, 1.54) is 5.19 Å². The molecule has 2 unspecified atom stereocenters. The van der Waals surface area contributed by atoms with Gasteiger partial charge in [-0.05, 0) is 98.8 Å². The SMILES string of the molecule is COc1ccc([Si](C)(C)[C@H]2[C@H](CCn3cc(CCO)nn3)O[C@@]3(C(=O)N(Cc4cccc(NC(=O)C5CCCNC5)c4)c4ccc(NC(=O)C5CCCNC5)cc43)[C@@H]2C)cc1. The number of methoxy groups -OCH3 is 1. The van der Waals surface area contributed by atoms with E-state index in [9.17, 15) is 14.7 Å². The van der Waals surface area contributed by atoms with E-state index in [-0.39, 0.29) is 60.3 Å². The Bertz CT molecular complexity index is 2200. The third-order valence-electron chi connectivity index (χ3n) is 13.6. The molecule has 324 valence electrons. The number of aliphatic hydroxyl groups excluding tert-OH is 1. The van der Waals surface area contributed by atoms with E-state index in [0.29, 0.717) is 49.5 Å². The molecule has 3 saturated heterocycles. The van der Waals surface area contributed by atoms with Crippen molar-refractivity contribution in [1.82, 2.24) is 25.6 Å². The van der Waals surface area contributed by atoms with Crippen LogP contribution < -0.4 is 36.1 Å². The molecular formula is C46H60N8O6Si. The Hall–Kier alpha value is -4.93. The smallest absolute Gasteiger partial charge is 0.264 e. The Morgan fingerprint density at radius 2 is 1.66 bits per heavy atom. The van der Waals surface area contributed by atoms with Gasteiger partial charge in [-0.1, -0.05) is 54.7 Å². The Kier molecular flexibility index (Phi) is 12.7. The summed E-state index contributed by atoms with van der Waals surface area (Å²) in [6.45, 7) is 10.8. The number of rotatable bonds is 14. The molecule has 61 heavy (non-hydrogen) atoms. The molecule has 15 heteroatoms. The summed E-state index contributed by atoms with van der Waals surface area (Å²) in [5.41, 5.74) is 3.03. The first kappa shape index (κ1) is 42.7. The van der Waals surface area contributed by atoms with Crippen LogP contribution in [0.25, 0.3) is 0 Å². The molecule has 0 radical (unpaired) electrons. The fourth-order valence-electron chi connectivity index (χ4n) is 10.3. The van der Waals surface area contributed by atoms with Crippen molar-refractivity contribution >= 4 is 48.0 Å². The molecule has 14 nitrogen and oxygen atoms in total. The van der Waals surface area contributed by atoms with E-state index < -0.39 is 13.7 Å². The lowest BCUT2D eigenvalue weighted by molar-refractivity contribution is -0.146. The molecule has 0 saturated carbocycles. The average Bonchev–Trinajstić information content (AvgIpc) is 3.93. The molecule has 8 rings (SSSR count). The fourth-order valence-corrected chi connectivity index (χ4v) is 14.4. The van der Waals surface area contributed by atoms with Crippen LogP contribution in [-0.2, 0) is 44.2 Å². The highest BCUT2D eigenvalue weighted by Gasteiger charge is 2.66. The summed E-state index contributed by atoms with van der Waals surface area (Å²) in [6, 6.07) is 21.9. The number of nitrogens with zero attached hydrogens (tertiary/aromatic N) is 4. The minimum Gasteiger partial charge on any atom is -0.497 e. The van der Waals surface area contributed by atoms with Gasteiger partial charge >= 0.3 is 0 Å². The van der Waals surface area contributed by atoms with E-state index >= 15 is 4.79 Å². The van der Waals surface area contributed by atoms with Gasteiger partial charge in [-0.15, -0.1) is 5.10 Å². The van der Waals surface area contributed by atoms with Crippen molar-refractivity contribution in [2.75, 3.05) is 55.4 Å². The van der Waals surface area contributed by atoms with Gasteiger partial charge in [-0.3, -0.25) is 19.1 Å². The zero-order chi connectivity index (χ0) is 42.7. The molecule has 5 N–H and O–H groups in total. The molecule has 1 spiro atoms. The number of amides is 3. The molecule has 0 bridgehead atoms. The number of aryl methyl sites for hydroxylation is 1. The first-order chi connectivity index (χ1) is 29.5. The van der Waals surface area contributed by atoms with Crippen molar-refractivity contribution in [3.63, 3.8) is 0 Å². The lowest BCUT2D eigenvalue weighted by Gasteiger charge is -2.37. The number of fused-ring (bicyclic) bond motifs is 2. The number of ether oxygens (including phenoxy) is 2. The van der Waals surface area contributed by atoms with Crippen molar-refractivity contribution in [3.05, 3.63) is 89.7 Å². The summed E-state index contributed by atoms with van der Waals surface area (Å²) in [6.07, 6.45) is 6.11. The molecule has 5 heterocycles. The van der Waals surface area contributed by atoms with Crippen LogP contribution in [0.1, 0.15) is 55.8 Å². The zero-order valence-electron chi connectivity index (χ0n) is 35.8. The van der Waals surface area contributed by atoms with Crippen molar-refractivity contribution in [2.45, 2.75) is 88.9 Å². The first-order valence-corrected chi connectivity index (χ1v) is 25.0. The summed E-state index contributed by atoms with van der Waals surface area (Å²) in [5, 5.41) is 32.3. The number of piperidine rings is 2. The van der Waals surface area contributed by atoms with Gasteiger partial charge < -0.3 is 40.7 Å². The van der Waals surface area contributed by atoms with E-state index in [0.717, 1.165) is 61.3 Å². The predicted molar refractivity (Wildman–Crippen MR) is 238 cm³/mol. The molecule has 3 amide bonds. The Morgan fingerprint density at radius 3 is 2.30 bits per heavy atom. The van der Waals surface area contributed by atoms with Crippen molar-refractivity contribution in [3.8, 4) is 5.75 Å². The third-order valence-corrected chi connectivity index (χ3v) is 17.9. The average molecular weight is 849 g/mol. The number of aromatic nitrogens is 3. The number of benzene rings is 3. The Morgan fingerprint density at radius 1 is 0.967 bits per heavy atom. The molecule has 4 aliphatic rings. The molecule has 6 atom stereocenters.